The van der Waals surface area contributed by atoms with Gasteiger partial charge >= 0.3 is 0 Å². The Morgan fingerprint density at radius 1 is 1.17 bits per heavy atom. The smallest absolute Gasteiger partial charge is 0.260 e. The van der Waals surface area contributed by atoms with Crippen molar-refractivity contribution in [3.05, 3.63) is 81.1 Å². The van der Waals surface area contributed by atoms with Gasteiger partial charge in [0.2, 0.25) is 0 Å². The molecule has 8 heteroatoms. The number of likely N-dealkylation sites (tertiary alicyclic amines) is 1. The maximum atomic E-state index is 15.4. The molecule has 1 N–H and O–H groups in total. The van der Waals surface area contributed by atoms with Crippen LogP contribution in [-0.2, 0) is 6.42 Å². The summed E-state index contributed by atoms with van der Waals surface area (Å²) in [6.45, 7) is 4.51. The Balaban J connectivity index is 1.66. The SMILES string of the molecule is CN[C@@H]1CCN(CC2CSc3c(Cc4ccccc4F)c(C)c(-c4cccc(OC)c4F)c(=O)n32)C1. The first-order valence-electron chi connectivity index (χ1n) is 12.3. The molecule has 190 valence electrons. The Morgan fingerprint density at radius 2 is 1.97 bits per heavy atom. The van der Waals surface area contributed by atoms with Gasteiger partial charge in [-0.3, -0.25) is 14.3 Å². The van der Waals surface area contributed by atoms with Gasteiger partial charge in [-0.2, -0.15) is 0 Å². The van der Waals surface area contributed by atoms with Gasteiger partial charge in [0.25, 0.3) is 5.56 Å². The molecule has 0 radical (unpaired) electrons. The van der Waals surface area contributed by atoms with E-state index in [-0.39, 0.29) is 28.7 Å². The molecule has 2 atom stereocenters. The zero-order chi connectivity index (χ0) is 25.4. The minimum atomic E-state index is -0.559. The lowest BCUT2D eigenvalue weighted by Gasteiger charge is -2.24. The molecule has 1 aromatic heterocycles. The number of aromatic nitrogens is 1. The van der Waals surface area contributed by atoms with E-state index in [9.17, 15) is 9.18 Å². The lowest BCUT2D eigenvalue weighted by Crippen LogP contribution is -2.36. The van der Waals surface area contributed by atoms with E-state index in [1.165, 1.54) is 13.2 Å². The molecular weight excluding hydrogens is 480 g/mol. The van der Waals surface area contributed by atoms with Crippen molar-refractivity contribution in [3.63, 3.8) is 0 Å². The number of pyridine rings is 1. The van der Waals surface area contributed by atoms with Crippen LogP contribution in [0.2, 0.25) is 0 Å². The Morgan fingerprint density at radius 3 is 2.69 bits per heavy atom. The highest BCUT2D eigenvalue weighted by molar-refractivity contribution is 7.99. The Hall–Kier alpha value is -2.68. The summed E-state index contributed by atoms with van der Waals surface area (Å²) in [4.78, 5) is 16.4. The fraction of sp³-hybridized carbons (Fsp3) is 0.393. The Kier molecular flexibility index (Phi) is 7.19. The molecule has 3 aromatic rings. The number of fused-ring (bicyclic) bond motifs is 1. The van der Waals surface area contributed by atoms with Crippen molar-refractivity contribution in [2.24, 2.45) is 0 Å². The summed E-state index contributed by atoms with van der Waals surface area (Å²) < 4.78 is 37.2. The number of thioether (sulfide) groups is 1. The molecule has 0 amide bonds. The minimum Gasteiger partial charge on any atom is -0.494 e. The second-order valence-corrected chi connectivity index (χ2v) is 10.6. The number of nitrogens with zero attached hydrogens (tertiary/aromatic N) is 2. The number of likely N-dealkylation sites (N-methyl/N-ethyl adjacent to an activating group) is 1. The van der Waals surface area contributed by atoms with Crippen LogP contribution in [0.3, 0.4) is 0 Å². The molecule has 1 saturated heterocycles. The number of halogens is 2. The topological polar surface area (TPSA) is 46.5 Å². The lowest BCUT2D eigenvalue weighted by molar-refractivity contribution is 0.279. The van der Waals surface area contributed by atoms with Gasteiger partial charge in [-0.05, 0) is 55.8 Å². The van der Waals surface area contributed by atoms with Gasteiger partial charge in [0.15, 0.2) is 11.6 Å². The van der Waals surface area contributed by atoms with Crippen molar-refractivity contribution in [1.82, 2.24) is 14.8 Å². The Labute approximate surface area is 214 Å². The zero-order valence-electron chi connectivity index (χ0n) is 20.8. The molecule has 5 rings (SSSR count). The van der Waals surface area contributed by atoms with E-state index in [1.807, 2.05) is 24.6 Å². The van der Waals surface area contributed by atoms with E-state index in [2.05, 4.69) is 10.2 Å². The third-order valence-corrected chi connectivity index (χ3v) is 8.71. The predicted molar refractivity (Wildman–Crippen MR) is 140 cm³/mol. The van der Waals surface area contributed by atoms with Crippen molar-refractivity contribution in [3.8, 4) is 16.9 Å². The number of ether oxygens (including phenoxy) is 1. The first-order valence-corrected chi connectivity index (χ1v) is 13.3. The van der Waals surface area contributed by atoms with E-state index >= 15 is 4.39 Å². The van der Waals surface area contributed by atoms with Crippen LogP contribution >= 0.6 is 11.8 Å². The highest BCUT2D eigenvalue weighted by Gasteiger charge is 2.34. The van der Waals surface area contributed by atoms with Gasteiger partial charge in [0.1, 0.15) is 5.82 Å². The molecule has 36 heavy (non-hydrogen) atoms. The van der Waals surface area contributed by atoms with Crippen LogP contribution in [0.4, 0.5) is 8.78 Å². The molecule has 3 heterocycles. The normalized spacial score (nSPS) is 19.6. The van der Waals surface area contributed by atoms with Crippen LogP contribution in [0, 0.1) is 18.6 Å². The fourth-order valence-corrected chi connectivity index (χ4v) is 6.83. The van der Waals surface area contributed by atoms with Crippen LogP contribution < -0.4 is 15.6 Å². The van der Waals surface area contributed by atoms with E-state index in [1.54, 1.807) is 42.1 Å². The number of benzene rings is 2. The lowest BCUT2D eigenvalue weighted by atomic mass is 9.94. The van der Waals surface area contributed by atoms with Crippen molar-refractivity contribution in [2.45, 2.75) is 36.9 Å². The third kappa shape index (κ3) is 4.46. The van der Waals surface area contributed by atoms with Crippen molar-refractivity contribution < 1.29 is 13.5 Å². The molecule has 1 unspecified atom stereocenters. The van der Waals surface area contributed by atoms with Crippen LogP contribution in [0.25, 0.3) is 11.1 Å². The minimum absolute atomic E-state index is 0.0412. The van der Waals surface area contributed by atoms with Gasteiger partial charge in [0.05, 0.1) is 23.7 Å². The second-order valence-electron chi connectivity index (χ2n) is 9.55. The van der Waals surface area contributed by atoms with Crippen molar-refractivity contribution in [1.29, 1.82) is 0 Å². The Bertz CT molecular complexity index is 1340. The molecule has 2 aromatic carbocycles. The zero-order valence-corrected chi connectivity index (χ0v) is 21.6. The molecule has 2 aliphatic heterocycles. The van der Waals surface area contributed by atoms with Crippen molar-refractivity contribution in [2.75, 3.05) is 39.5 Å². The van der Waals surface area contributed by atoms with Gasteiger partial charge in [-0.1, -0.05) is 30.3 Å². The van der Waals surface area contributed by atoms with E-state index < -0.39 is 5.82 Å². The maximum absolute atomic E-state index is 15.4. The van der Waals surface area contributed by atoms with E-state index in [4.69, 9.17) is 4.74 Å². The van der Waals surface area contributed by atoms with Crippen LogP contribution in [0.1, 0.15) is 29.2 Å². The molecule has 5 nitrogen and oxygen atoms in total. The average molecular weight is 512 g/mol. The third-order valence-electron chi connectivity index (χ3n) is 7.44. The summed E-state index contributed by atoms with van der Waals surface area (Å²) in [6.07, 6.45) is 1.41. The van der Waals surface area contributed by atoms with E-state index in [0.717, 1.165) is 42.4 Å². The average Bonchev–Trinajstić information content (AvgIpc) is 3.51. The quantitative estimate of drug-likeness (QED) is 0.501. The number of nitrogens with one attached hydrogen (secondary N) is 1. The molecule has 1 fully saturated rings. The van der Waals surface area contributed by atoms with Crippen LogP contribution in [0.15, 0.2) is 52.3 Å². The molecule has 0 spiro atoms. The van der Waals surface area contributed by atoms with Crippen LogP contribution in [-0.4, -0.2) is 55.1 Å². The van der Waals surface area contributed by atoms with Gasteiger partial charge in [0, 0.05) is 36.9 Å². The summed E-state index contributed by atoms with van der Waals surface area (Å²) in [5.41, 5.74) is 2.45. The molecule has 0 saturated carbocycles. The summed E-state index contributed by atoms with van der Waals surface area (Å²) in [5, 5.41) is 4.20. The number of hydrogen-bond acceptors (Lipinski definition) is 5. The molecule has 2 aliphatic rings. The van der Waals surface area contributed by atoms with Gasteiger partial charge in [-0.15, -0.1) is 11.8 Å². The number of methoxy groups -OCH3 is 1. The number of hydrogen-bond donors (Lipinski definition) is 1. The fourth-order valence-electron chi connectivity index (χ4n) is 5.45. The second kappa shape index (κ2) is 10.4. The first-order chi connectivity index (χ1) is 17.4. The van der Waals surface area contributed by atoms with Gasteiger partial charge < -0.3 is 10.1 Å². The monoisotopic (exact) mass is 511 g/mol. The summed E-state index contributed by atoms with van der Waals surface area (Å²) in [5.74, 6) is -0.000543. The standard InChI is InChI=1S/C28H31F2N3O2S/c1-17-22(13-18-7-4-5-9-23(18)29)28-33(20(16-36-28)15-32-12-11-19(14-32)31-2)27(34)25(17)21-8-6-10-24(35-3)26(21)30/h4-10,19-20,31H,11-16H2,1-3H3/t19-,20?/m1/s1. The van der Waals surface area contributed by atoms with Gasteiger partial charge in [-0.25, -0.2) is 8.78 Å². The van der Waals surface area contributed by atoms with Crippen LogP contribution in [0.5, 0.6) is 5.75 Å². The first kappa shape index (κ1) is 25.0. The highest BCUT2D eigenvalue weighted by atomic mass is 32.2. The molecule has 0 bridgehead atoms. The van der Waals surface area contributed by atoms with E-state index in [0.29, 0.717) is 29.2 Å². The highest BCUT2D eigenvalue weighted by Crippen LogP contribution is 2.41. The molecular formula is C28H31F2N3O2S. The molecule has 0 aliphatic carbocycles. The largest absolute Gasteiger partial charge is 0.494 e. The predicted octanol–water partition coefficient (Wildman–Crippen LogP) is 4.64. The summed E-state index contributed by atoms with van der Waals surface area (Å²) in [7, 11) is 3.39. The maximum Gasteiger partial charge on any atom is 0.260 e. The van der Waals surface area contributed by atoms with Crippen molar-refractivity contribution >= 4 is 11.8 Å². The summed E-state index contributed by atoms with van der Waals surface area (Å²) in [6, 6.07) is 12.0. The number of rotatable bonds is 7. The summed E-state index contributed by atoms with van der Waals surface area (Å²) >= 11 is 1.64.